The third-order valence-electron chi connectivity index (χ3n) is 8.98. The van der Waals surface area contributed by atoms with Crippen LogP contribution < -0.4 is 16.0 Å². The lowest BCUT2D eigenvalue weighted by Gasteiger charge is -2.36. The van der Waals surface area contributed by atoms with Crippen molar-refractivity contribution in [3.8, 4) is 0 Å². The second kappa shape index (κ2) is 10.5. The summed E-state index contributed by atoms with van der Waals surface area (Å²) in [7, 11) is 0. The van der Waals surface area contributed by atoms with Crippen molar-refractivity contribution in [1.29, 1.82) is 0 Å². The Morgan fingerprint density at radius 2 is 1.82 bits per heavy atom. The van der Waals surface area contributed by atoms with Crippen LogP contribution in [0.15, 0.2) is 30.4 Å². The van der Waals surface area contributed by atoms with E-state index in [-0.39, 0.29) is 23.8 Å². The van der Waals surface area contributed by atoms with Crippen molar-refractivity contribution in [2.24, 2.45) is 17.8 Å². The minimum atomic E-state index is -1.15. The number of carbonyl (C=O) groups excluding carboxylic acids is 3. The fraction of sp³-hybridized carbons (Fsp3) is 0.607. The van der Waals surface area contributed by atoms with E-state index < -0.39 is 29.6 Å². The van der Waals surface area contributed by atoms with E-state index in [1.54, 1.807) is 23.1 Å². The number of hydrogen-bond acceptors (Lipinski definition) is 5. The minimum Gasteiger partial charge on any atom is -0.359 e. The molecule has 3 amide bonds. The SMILES string of the molecule is O=C(Nc1ccc(Cl)c(Cl)c1)C1C2C=CC3(O2)C1C(=O)N(CC1CCNCC1)C3C(=O)NC1CCCCC1. The van der Waals surface area contributed by atoms with Crippen LogP contribution in [-0.2, 0) is 19.1 Å². The van der Waals surface area contributed by atoms with Crippen LogP contribution in [0.2, 0.25) is 10.0 Å². The zero-order valence-corrected chi connectivity index (χ0v) is 22.8. The molecule has 4 aliphatic heterocycles. The summed E-state index contributed by atoms with van der Waals surface area (Å²) in [6.07, 6.45) is 10.3. The molecule has 0 aromatic heterocycles. The third-order valence-corrected chi connectivity index (χ3v) is 9.72. The van der Waals surface area contributed by atoms with Crippen LogP contribution in [0.3, 0.4) is 0 Å². The van der Waals surface area contributed by atoms with Gasteiger partial charge in [0.25, 0.3) is 0 Å². The Balaban J connectivity index is 1.29. The molecule has 204 valence electrons. The van der Waals surface area contributed by atoms with E-state index >= 15 is 0 Å². The lowest BCUT2D eigenvalue weighted by Crippen LogP contribution is -2.57. The second-order valence-electron chi connectivity index (χ2n) is 11.3. The van der Waals surface area contributed by atoms with Gasteiger partial charge in [-0.25, -0.2) is 0 Å². The Labute approximate surface area is 232 Å². The van der Waals surface area contributed by atoms with Crippen LogP contribution in [0.5, 0.6) is 0 Å². The Hall–Kier alpha value is -2.13. The first-order chi connectivity index (χ1) is 18.4. The molecule has 1 spiro atoms. The molecule has 4 fully saturated rings. The molecular formula is C28H34Cl2N4O4. The number of piperidine rings is 1. The van der Waals surface area contributed by atoms with Crippen molar-refractivity contribution in [3.63, 3.8) is 0 Å². The van der Waals surface area contributed by atoms with E-state index in [1.165, 1.54) is 6.42 Å². The van der Waals surface area contributed by atoms with Gasteiger partial charge >= 0.3 is 0 Å². The van der Waals surface area contributed by atoms with Gasteiger partial charge in [-0.3, -0.25) is 14.4 Å². The van der Waals surface area contributed by atoms with Gasteiger partial charge in [0.05, 0.1) is 28.0 Å². The Kier molecular flexibility index (Phi) is 7.18. The summed E-state index contributed by atoms with van der Waals surface area (Å²) >= 11 is 12.2. The van der Waals surface area contributed by atoms with Crippen LogP contribution >= 0.6 is 23.2 Å². The molecule has 3 saturated heterocycles. The van der Waals surface area contributed by atoms with E-state index in [0.717, 1.165) is 51.6 Å². The van der Waals surface area contributed by atoms with Crippen LogP contribution in [-0.4, -0.2) is 66.0 Å². The van der Waals surface area contributed by atoms with Gasteiger partial charge in [0.1, 0.15) is 11.6 Å². The molecule has 1 aliphatic carbocycles. The highest BCUT2D eigenvalue weighted by Crippen LogP contribution is 2.55. The highest BCUT2D eigenvalue weighted by Gasteiger charge is 2.72. The van der Waals surface area contributed by atoms with Gasteiger partial charge in [0.2, 0.25) is 17.7 Å². The van der Waals surface area contributed by atoms with Crippen molar-refractivity contribution < 1.29 is 19.1 Å². The molecule has 10 heteroatoms. The summed E-state index contributed by atoms with van der Waals surface area (Å²) in [4.78, 5) is 43.4. The Morgan fingerprint density at radius 1 is 1.05 bits per heavy atom. The molecule has 5 unspecified atom stereocenters. The van der Waals surface area contributed by atoms with Crippen molar-refractivity contribution in [2.45, 2.75) is 68.7 Å². The maximum atomic E-state index is 14.1. The van der Waals surface area contributed by atoms with Gasteiger partial charge in [0.15, 0.2) is 0 Å². The predicted molar refractivity (Wildman–Crippen MR) is 145 cm³/mol. The van der Waals surface area contributed by atoms with Gasteiger partial charge in [-0.1, -0.05) is 54.6 Å². The average Bonchev–Trinajstić information content (AvgIpc) is 3.55. The molecule has 1 aromatic rings. The van der Waals surface area contributed by atoms with E-state index in [1.807, 2.05) is 12.2 Å². The van der Waals surface area contributed by atoms with Gasteiger partial charge in [-0.15, -0.1) is 0 Å². The number of benzene rings is 1. The van der Waals surface area contributed by atoms with Gasteiger partial charge < -0.3 is 25.6 Å². The average molecular weight is 562 g/mol. The largest absolute Gasteiger partial charge is 0.359 e. The zero-order chi connectivity index (χ0) is 26.4. The number of likely N-dealkylation sites (tertiary alicyclic amines) is 1. The first-order valence-corrected chi connectivity index (χ1v) is 14.6. The summed E-state index contributed by atoms with van der Waals surface area (Å²) in [6.45, 7) is 2.28. The lowest BCUT2D eigenvalue weighted by atomic mass is 9.74. The van der Waals surface area contributed by atoms with E-state index in [9.17, 15) is 14.4 Å². The highest BCUT2D eigenvalue weighted by molar-refractivity contribution is 6.42. The zero-order valence-electron chi connectivity index (χ0n) is 21.3. The lowest BCUT2D eigenvalue weighted by molar-refractivity contribution is -0.142. The van der Waals surface area contributed by atoms with E-state index in [2.05, 4.69) is 16.0 Å². The predicted octanol–water partition coefficient (Wildman–Crippen LogP) is 3.53. The number of rotatable bonds is 6. The number of halogens is 2. The van der Waals surface area contributed by atoms with Crippen LogP contribution in [0.25, 0.3) is 0 Å². The third kappa shape index (κ3) is 4.53. The van der Waals surface area contributed by atoms with Gasteiger partial charge in [-0.05, 0) is 62.9 Å². The number of ether oxygens (including phenoxy) is 1. The summed E-state index contributed by atoms with van der Waals surface area (Å²) in [5.41, 5.74) is -0.652. The molecule has 6 rings (SSSR count). The summed E-state index contributed by atoms with van der Waals surface area (Å²) in [5, 5.41) is 10.2. The molecule has 1 saturated carbocycles. The van der Waals surface area contributed by atoms with Crippen molar-refractivity contribution in [1.82, 2.24) is 15.5 Å². The van der Waals surface area contributed by atoms with Crippen LogP contribution in [0.1, 0.15) is 44.9 Å². The molecule has 3 N–H and O–H groups in total. The van der Waals surface area contributed by atoms with Crippen LogP contribution in [0, 0.1) is 17.8 Å². The molecule has 8 nitrogen and oxygen atoms in total. The summed E-state index contributed by atoms with van der Waals surface area (Å²) < 4.78 is 6.46. The quantitative estimate of drug-likeness (QED) is 0.462. The summed E-state index contributed by atoms with van der Waals surface area (Å²) in [5.74, 6) is -1.88. The number of anilines is 1. The smallest absolute Gasteiger partial charge is 0.246 e. The number of nitrogens with one attached hydrogen (secondary N) is 3. The second-order valence-corrected chi connectivity index (χ2v) is 12.2. The standard InChI is InChI=1S/C28H34Cl2N4O4/c29-19-7-6-18(14-20(19)30)33-25(35)22-21-8-11-28(38-21)23(22)27(37)34(15-16-9-12-31-13-10-16)24(28)26(36)32-17-4-2-1-3-5-17/h6-8,11,14,16-17,21-24,31H,1-5,9-10,12-13,15H2,(H,32,36)(H,33,35). The first kappa shape index (κ1) is 26.1. The van der Waals surface area contributed by atoms with Crippen molar-refractivity contribution >= 4 is 46.6 Å². The molecule has 2 bridgehead atoms. The Morgan fingerprint density at radius 3 is 2.55 bits per heavy atom. The number of nitrogens with zero attached hydrogens (tertiary/aromatic N) is 1. The maximum absolute atomic E-state index is 14.1. The highest BCUT2D eigenvalue weighted by atomic mass is 35.5. The van der Waals surface area contributed by atoms with Gasteiger partial charge in [0, 0.05) is 18.3 Å². The molecule has 38 heavy (non-hydrogen) atoms. The molecule has 5 atom stereocenters. The number of amides is 3. The van der Waals surface area contributed by atoms with Gasteiger partial charge in [-0.2, -0.15) is 0 Å². The number of carbonyl (C=O) groups is 3. The molecule has 5 aliphatic rings. The molecular weight excluding hydrogens is 527 g/mol. The number of fused-ring (bicyclic) bond motifs is 1. The molecule has 1 aromatic carbocycles. The summed E-state index contributed by atoms with van der Waals surface area (Å²) in [6, 6.07) is 4.19. The van der Waals surface area contributed by atoms with Crippen molar-refractivity contribution in [2.75, 3.05) is 25.0 Å². The minimum absolute atomic E-state index is 0.110. The van der Waals surface area contributed by atoms with E-state index in [4.69, 9.17) is 27.9 Å². The molecule has 0 radical (unpaired) electrons. The van der Waals surface area contributed by atoms with Crippen LogP contribution in [0.4, 0.5) is 5.69 Å². The fourth-order valence-corrected chi connectivity index (χ4v) is 7.43. The Bertz CT molecular complexity index is 1150. The normalized spacial score (nSPS) is 33.0. The topological polar surface area (TPSA) is 99.8 Å². The first-order valence-electron chi connectivity index (χ1n) is 13.8. The number of hydrogen-bond donors (Lipinski definition) is 3. The molecule has 4 heterocycles. The van der Waals surface area contributed by atoms with Crippen molar-refractivity contribution in [3.05, 3.63) is 40.4 Å². The fourth-order valence-electron chi connectivity index (χ4n) is 7.13. The monoisotopic (exact) mass is 560 g/mol. The van der Waals surface area contributed by atoms with E-state index in [0.29, 0.717) is 28.2 Å². The maximum Gasteiger partial charge on any atom is 0.246 e.